The smallest absolute Gasteiger partial charge is 0.353 e. The predicted molar refractivity (Wildman–Crippen MR) is 79.3 cm³/mol. The first kappa shape index (κ1) is 18.3. The summed E-state index contributed by atoms with van der Waals surface area (Å²) in [6.45, 7) is 9.91. The number of esters is 2. The monoisotopic (exact) mass is 313 g/mol. The topological polar surface area (TPSA) is 83.1 Å². The highest BCUT2D eigenvalue weighted by molar-refractivity contribution is 6.04. The quantitative estimate of drug-likeness (QED) is 0.370. The summed E-state index contributed by atoms with van der Waals surface area (Å²) in [5, 5.41) is 3.06. The zero-order chi connectivity index (χ0) is 16.4. The van der Waals surface area contributed by atoms with Crippen LogP contribution >= 0.6 is 0 Å². The Morgan fingerprint density at radius 1 is 1.27 bits per heavy atom. The number of nitrogens with one attached hydrogen (secondary N) is 1. The van der Waals surface area contributed by atoms with Crippen LogP contribution in [0.2, 0.25) is 0 Å². The molecule has 0 aromatic carbocycles. The molecule has 0 spiro atoms. The maximum absolute atomic E-state index is 12.5. The van der Waals surface area contributed by atoms with Crippen LogP contribution in [-0.2, 0) is 28.5 Å². The molecule has 1 heterocycles. The normalized spacial score (nSPS) is 18.3. The van der Waals surface area contributed by atoms with Gasteiger partial charge in [-0.05, 0) is 6.92 Å². The first-order valence-electron chi connectivity index (χ1n) is 7.16. The van der Waals surface area contributed by atoms with Gasteiger partial charge >= 0.3 is 11.9 Å². The molecule has 0 aliphatic carbocycles. The molecule has 0 aromatic heterocycles. The van der Waals surface area contributed by atoms with Gasteiger partial charge in [-0.1, -0.05) is 25.3 Å². The molecule has 0 saturated carbocycles. The molecule has 1 saturated heterocycles. The first-order chi connectivity index (χ1) is 10.6. The Kier molecular flexibility index (Phi) is 7.79. The summed E-state index contributed by atoms with van der Waals surface area (Å²) in [6, 6.07) is 0. The molecule has 0 aromatic rings. The lowest BCUT2D eigenvalue weighted by molar-refractivity contribution is -0.211. The van der Waals surface area contributed by atoms with Crippen molar-refractivity contribution < 1.29 is 28.5 Å². The van der Waals surface area contributed by atoms with Gasteiger partial charge in [0.2, 0.25) is 0 Å². The minimum absolute atomic E-state index is 0.0391. The van der Waals surface area contributed by atoms with E-state index in [4.69, 9.17) is 18.9 Å². The second kappa shape index (κ2) is 9.34. The van der Waals surface area contributed by atoms with Crippen molar-refractivity contribution in [1.82, 2.24) is 5.32 Å². The van der Waals surface area contributed by atoms with Crippen LogP contribution < -0.4 is 5.32 Å². The number of rotatable bonds is 9. The van der Waals surface area contributed by atoms with Crippen LogP contribution in [-0.4, -0.2) is 63.2 Å². The van der Waals surface area contributed by atoms with E-state index in [1.54, 1.807) is 6.92 Å². The van der Waals surface area contributed by atoms with Crippen LogP contribution in [0.1, 0.15) is 6.92 Å². The van der Waals surface area contributed by atoms with Gasteiger partial charge in [0.1, 0.15) is 19.3 Å². The number of carbonyl (C=O) groups is 2. The third kappa shape index (κ3) is 4.16. The molecule has 7 heteroatoms. The van der Waals surface area contributed by atoms with Gasteiger partial charge in [0.05, 0.1) is 6.61 Å². The molecule has 1 unspecified atom stereocenters. The van der Waals surface area contributed by atoms with E-state index in [0.29, 0.717) is 13.2 Å². The Hall–Kier alpha value is -1.70. The highest BCUT2D eigenvalue weighted by atomic mass is 16.6. The number of ether oxygens (including phenoxy) is 4. The summed E-state index contributed by atoms with van der Waals surface area (Å²) in [7, 11) is 0. The van der Waals surface area contributed by atoms with Gasteiger partial charge in [0.25, 0.3) is 5.60 Å². The molecular formula is C15H23NO6. The standard InChI is InChI=1S/C15H23NO6/c1-4-8-20-13(17)15(22-6-3,14(18)21-9-5-2)12-11-16-7-10-19-12/h4-5,12,16H,1-2,6-11H2,3H3. The molecule has 0 bridgehead atoms. The summed E-state index contributed by atoms with van der Waals surface area (Å²) in [5.74, 6) is -1.70. The van der Waals surface area contributed by atoms with Crippen molar-refractivity contribution >= 4 is 11.9 Å². The second-order valence-electron chi connectivity index (χ2n) is 4.51. The van der Waals surface area contributed by atoms with E-state index < -0.39 is 23.6 Å². The van der Waals surface area contributed by atoms with Gasteiger partial charge in [0.15, 0.2) is 0 Å². The average Bonchev–Trinajstić information content (AvgIpc) is 2.56. The van der Waals surface area contributed by atoms with Crippen molar-refractivity contribution in [3.05, 3.63) is 25.3 Å². The minimum atomic E-state index is -1.96. The van der Waals surface area contributed by atoms with Crippen LogP contribution in [0.15, 0.2) is 25.3 Å². The van der Waals surface area contributed by atoms with E-state index in [1.807, 2.05) is 0 Å². The Bertz CT molecular complexity index is 379. The SMILES string of the molecule is C=CCOC(=O)C(OCC)(C(=O)OCC=C)C1CNCCO1. The summed E-state index contributed by atoms with van der Waals surface area (Å²) in [4.78, 5) is 25.0. The Labute approximate surface area is 130 Å². The molecule has 7 nitrogen and oxygen atoms in total. The predicted octanol–water partition coefficient (Wildman–Crippen LogP) is 0.209. The average molecular weight is 313 g/mol. The second-order valence-corrected chi connectivity index (χ2v) is 4.51. The van der Waals surface area contributed by atoms with Crippen molar-refractivity contribution in [2.45, 2.75) is 18.6 Å². The lowest BCUT2D eigenvalue weighted by Gasteiger charge is -2.37. The summed E-state index contributed by atoms with van der Waals surface area (Å²) >= 11 is 0. The van der Waals surface area contributed by atoms with E-state index in [-0.39, 0.29) is 26.4 Å². The van der Waals surface area contributed by atoms with Gasteiger partial charge in [-0.2, -0.15) is 0 Å². The maximum Gasteiger partial charge on any atom is 0.353 e. The summed E-state index contributed by atoms with van der Waals surface area (Å²) in [6.07, 6.45) is 1.98. The van der Waals surface area contributed by atoms with Crippen LogP contribution in [0.25, 0.3) is 0 Å². The fourth-order valence-corrected chi connectivity index (χ4v) is 2.09. The molecule has 0 amide bonds. The largest absolute Gasteiger partial charge is 0.459 e. The lowest BCUT2D eigenvalue weighted by atomic mass is 9.95. The zero-order valence-corrected chi connectivity index (χ0v) is 12.8. The molecule has 1 aliphatic rings. The number of carbonyl (C=O) groups excluding carboxylic acids is 2. The molecule has 1 atom stereocenters. The van der Waals surface area contributed by atoms with E-state index >= 15 is 0 Å². The fourth-order valence-electron chi connectivity index (χ4n) is 2.09. The number of hydrogen-bond donors (Lipinski definition) is 1. The molecule has 22 heavy (non-hydrogen) atoms. The van der Waals surface area contributed by atoms with Crippen molar-refractivity contribution in [3.8, 4) is 0 Å². The van der Waals surface area contributed by atoms with Gasteiger partial charge in [0, 0.05) is 19.7 Å². The lowest BCUT2D eigenvalue weighted by Crippen LogP contribution is -2.64. The van der Waals surface area contributed by atoms with Crippen molar-refractivity contribution in [1.29, 1.82) is 0 Å². The zero-order valence-electron chi connectivity index (χ0n) is 12.8. The van der Waals surface area contributed by atoms with E-state index in [0.717, 1.165) is 0 Å². The Morgan fingerprint density at radius 3 is 2.27 bits per heavy atom. The van der Waals surface area contributed by atoms with Crippen molar-refractivity contribution in [3.63, 3.8) is 0 Å². The maximum atomic E-state index is 12.5. The Balaban J connectivity index is 3.10. The van der Waals surface area contributed by atoms with Crippen LogP contribution in [0.3, 0.4) is 0 Å². The van der Waals surface area contributed by atoms with Gasteiger partial charge in [-0.25, -0.2) is 9.59 Å². The highest BCUT2D eigenvalue weighted by Gasteiger charge is 2.58. The first-order valence-corrected chi connectivity index (χ1v) is 7.16. The minimum Gasteiger partial charge on any atom is -0.459 e. The van der Waals surface area contributed by atoms with Crippen LogP contribution in [0, 0.1) is 0 Å². The van der Waals surface area contributed by atoms with Gasteiger partial charge in [-0.15, -0.1) is 0 Å². The highest BCUT2D eigenvalue weighted by Crippen LogP contribution is 2.25. The molecule has 1 N–H and O–H groups in total. The Morgan fingerprint density at radius 2 is 1.86 bits per heavy atom. The summed E-state index contributed by atoms with van der Waals surface area (Å²) in [5.41, 5.74) is -1.96. The van der Waals surface area contributed by atoms with Crippen LogP contribution in [0.5, 0.6) is 0 Å². The van der Waals surface area contributed by atoms with Crippen LogP contribution in [0.4, 0.5) is 0 Å². The molecular weight excluding hydrogens is 290 g/mol. The number of hydrogen-bond acceptors (Lipinski definition) is 7. The van der Waals surface area contributed by atoms with Gasteiger partial charge in [-0.3, -0.25) is 0 Å². The molecule has 124 valence electrons. The van der Waals surface area contributed by atoms with E-state index in [2.05, 4.69) is 18.5 Å². The van der Waals surface area contributed by atoms with Gasteiger partial charge < -0.3 is 24.3 Å². The van der Waals surface area contributed by atoms with Crippen molar-refractivity contribution in [2.24, 2.45) is 0 Å². The molecule has 1 fully saturated rings. The number of morpholine rings is 1. The van der Waals surface area contributed by atoms with Crippen molar-refractivity contribution in [2.75, 3.05) is 39.5 Å². The fraction of sp³-hybridized carbons (Fsp3) is 0.600. The third-order valence-corrected chi connectivity index (χ3v) is 3.02. The molecule has 1 aliphatic heterocycles. The molecule has 1 rings (SSSR count). The van der Waals surface area contributed by atoms with E-state index in [1.165, 1.54) is 12.2 Å². The third-order valence-electron chi connectivity index (χ3n) is 3.02. The molecule has 0 radical (unpaired) electrons. The van der Waals surface area contributed by atoms with E-state index in [9.17, 15) is 9.59 Å². The summed E-state index contributed by atoms with van der Waals surface area (Å²) < 4.78 is 21.2.